The van der Waals surface area contributed by atoms with Gasteiger partial charge in [-0.1, -0.05) is 20.8 Å². The molecule has 116 valence electrons. The van der Waals surface area contributed by atoms with Crippen molar-refractivity contribution in [3.8, 4) is 0 Å². The molecule has 1 amide bonds. The zero-order valence-electron chi connectivity index (χ0n) is 13.3. The Hall–Kier alpha value is -1.06. The number of esters is 1. The van der Waals surface area contributed by atoms with Crippen molar-refractivity contribution in [2.75, 3.05) is 6.54 Å². The molecule has 1 rings (SSSR count). The normalized spacial score (nSPS) is 25.0. The molecular formula is C16H29NO3. The summed E-state index contributed by atoms with van der Waals surface area (Å²) in [5, 5.41) is 2.73. The predicted molar refractivity (Wildman–Crippen MR) is 79.2 cm³/mol. The molecule has 0 bridgehead atoms. The van der Waals surface area contributed by atoms with E-state index in [9.17, 15) is 9.59 Å². The summed E-state index contributed by atoms with van der Waals surface area (Å²) in [7, 11) is 0. The van der Waals surface area contributed by atoms with E-state index in [1.165, 1.54) is 6.42 Å². The fourth-order valence-electron chi connectivity index (χ4n) is 3.27. The molecule has 0 heterocycles. The molecule has 20 heavy (non-hydrogen) atoms. The summed E-state index contributed by atoms with van der Waals surface area (Å²) in [6.07, 6.45) is 4.45. The minimum atomic E-state index is -0.163. The first-order chi connectivity index (χ1) is 9.32. The molecule has 1 saturated carbocycles. The van der Waals surface area contributed by atoms with E-state index in [4.69, 9.17) is 4.74 Å². The van der Waals surface area contributed by atoms with E-state index in [1.807, 2.05) is 6.92 Å². The summed E-state index contributed by atoms with van der Waals surface area (Å²) in [5.74, 6) is 0.448. The van der Waals surface area contributed by atoms with Crippen molar-refractivity contribution >= 4 is 11.9 Å². The van der Waals surface area contributed by atoms with Crippen LogP contribution in [0.2, 0.25) is 0 Å². The van der Waals surface area contributed by atoms with E-state index in [0.717, 1.165) is 12.8 Å². The topological polar surface area (TPSA) is 55.4 Å². The third-order valence-electron chi connectivity index (χ3n) is 3.80. The van der Waals surface area contributed by atoms with Gasteiger partial charge in [-0.05, 0) is 43.9 Å². The van der Waals surface area contributed by atoms with Crippen LogP contribution < -0.4 is 5.32 Å². The summed E-state index contributed by atoms with van der Waals surface area (Å²) in [5.41, 5.74) is 0.254. The fraction of sp³-hybridized carbons (Fsp3) is 0.875. The third kappa shape index (κ3) is 6.40. The summed E-state index contributed by atoms with van der Waals surface area (Å²) in [6, 6.07) is 0. The monoisotopic (exact) mass is 283 g/mol. The zero-order valence-corrected chi connectivity index (χ0v) is 13.3. The Labute approximate surface area is 122 Å². The summed E-state index contributed by atoms with van der Waals surface area (Å²) in [4.78, 5) is 23.1. The first-order valence-electron chi connectivity index (χ1n) is 7.78. The third-order valence-corrected chi connectivity index (χ3v) is 3.80. The van der Waals surface area contributed by atoms with Gasteiger partial charge in [-0.2, -0.15) is 0 Å². The number of nitrogens with one attached hydrogen (secondary N) is 1. The van der Waals surface area contributed by atoms with E-state index < -0.39 is 0 Å². The molecule has 4 heteroatoms. The molecule has 0 spiro atoms. The molecular weight excluding hydrogens is 254 g/mol. The van der Waals surface area contributed by atoms with Crippen molar-refractivity contribution in [2.45, 2.75) is 72.3 Å². The van der Waals surface area contributed by atoms with Crippen LogP contribution in [-0.2, 0) is 14.3 Å². The molecule has 0 aromatic heterocycles. The van der Waals surface area contributed by atoms with Crippen LogP contribution in [0.5, 0.6) is 0 Å². The van der Waals surface area contributed by atoms with Crippen molar-refractivity contribution in [1.29, 1.82) is 0 Å². The van der Waals surface area contributed by atoms with Gasteiger partial charge < -0.3 is 10.1 Å². The summed E-state index contributed by atoms with van der Waals surface area (Å²) in [6.45, 7) is 9.21. The van der Waals surface area contributed by atoms with Gasteiger partial charge in [0.25, 0.3) is 0 Å². The van der Waals surface area contributed by atoms with Crippen LogP contribution in [0.1, 0.15) is 66.2 Å². The SMILES string of the molecule is CCNC(=O)CCCC(=O)OC1CC(C)CC(C)(C)C1. The van der Waals surface area contributed by atoms with Crippen molar-refractivity contribution < 1.29 is 14.3 Å². The van der Waals surface area contributed by atoms with Gasteiger partial charge in [0.15, 0.2) is 0 Å². The van der Waals surface area contributed by atoms with E-state index >= 15 is 0 Å². The van der Waals surface area contributed by atoms with Crippen LogP contribution in [0.15, 0.2) is 0 Å². The Morgan fingerprint density at radius 1 is 1.25 bits per heavy atom. The second-order valence-corrected chi connectivity index (χ2v) is 6.83. The Balaban J connectivity index is 2.26. The van der Waals surface area contributed by atoms with Crippen molar-refractivity contribution in [3.63, 3.8) is 0 Å². The quantitative estimate of drug-likeness (QED) is 0.762. The number of hydrogen-bond acceptors (Lipinski definition) is 3. The van der Waals surface area contributed by atoms with E-state index in [0.29, 0.717) is 31.7 Å². The predicted octanol–water partition coefficient (Wildman–Crippen LogP) is 3.05. The standard InChI is InChI=1S/C16H29NO3/c1-5-17-14(18)7-6-8-15(19)20-13-9-12(2)10-16(3,4)11-13/h12-13H,5-11H2,1-4H3,(H,17,18). The Morgan fingerprint density at radius 3 is 2.55 bits per heavy atom. The average Bonchev–Trinajstić information content (AvgIpc) is 2.25. The maximum Gasteiger partial charge on any atom is 0.306 e. The largest absolute Gasteiger partial charge is 0.462 e. The lowest BCUT2D eigenvalue weighted by Gasteiger charge is -2.38. The lowest BCUT2D eigenvalue weighted by Crippen LogP contribution is -2.34. The van der Waals surface area contributed by atoms with Crippen LogP contribution >= 0.6 is 0 Å². The molecule has 0 radical (unpaired) electrons. The number of carbonyl (C=O) groups excluding carboxylic acids is 2. The summed E-state index contributed by atoms with van der Waals surface area (Å²) < 4.78 is 5.57. The van der Waals surface area contributed by atoms with Crippen LogP contribution in [-0.4, -0.2) is 24.5 Å². The molecule has 0 aliphatic heterocycles. The van der Waals surface area contributed by atoms with Gasteiger partial charge in [-0.3, -0.25) is 9.59 Å². The number of ether oxygens (including phenoxy) is 1. The lowest BCUT2D eigenvalue weighted by atomic mass is 9.71. The van der Waals surface area contributed by atoms with Gasteiger partial charge >= 0.3 is 5.97 Å². The molecule has 2 unspecified atom stereocenters. The highest BCUT2D eigenvalue weighted by molar-refractivity contribution is 5.76. The van der Waals surface area contributed by atoms with Crippen molar-refractivity contribution in [3.05, 3.63) is 0 Å². The molecule has 0 aromatic carbocycles. The maximum atomic E-state index is 11.8. The van der Waals surface area contributed by atoms with Crippen molar-refractivity contribution in [1.82, 2.24) is 5.32 Å². The smallest absolute Gasteiger partial charge is 0.306 e. The minimum Gasteiger partial charge on any atom is -0.462 e. The van der Waals surface area contributed by atoms with Crippen molar-refractivity contribution in [2.24, 2.45) is 11.3 Å². The minimum absolute atomic E-state index is 0.00715. The second kappa shape index (κ2) is 7.65. The maximum absolute atomic E-state index is 11.8. The number of amides is 1. The molecule has 1 N–H and O–H groups in total. The van der Waals surface area contributed by atoms with Crippen LogP contribution in [0.3, 0.4) is 0 Å². The molecule has 1 fully saturated rings. The number of carbonyl (C=O) groups is 2. The molecule has 2 atom stereocenters. The Kier molecular flexibility index (Phi) is 6.50. The van der Waals surface area contributed by atoms with Crippen LogP contribution in [0, 0.1) is 11.3 Å². The highest BCUT2D eigenvalue weighted by Crippen LogP contribution is 2.39. The Bertz CT molecular complexity index is 339. The molecule has 1 aliphatic rings. The second-order valence-electron chi connectivity index (χ2n) is 6.83. The zero-order chi connectivity index (χ0) is 15.2. The highest BCUT2D eigenvalue weighted by atomic mass is 16.5. The lowest BCUT2D eigenvalue weighted by molar-refractivity contribution is -0.153. The Morgan fingerprint density at radius 2 is 1.95 bits per heavy atom. The van der Waals surface area contributed by atoms with Gasteiger partial charge in [0, 0.05) is 19.4 Å². The highest BCUT2D eigenvalue weighted by Gasteiger charge is 2.33. The van der Waals surface area contributed by atoms with Crippen LogP contribution in [0.25, 0.3) is 0 Å². The average molecular weight is 283 g/mol. The molecule has 0 saturated heterocycles. The first kappa shape index (κ1) is 17.0. The van der Waals surface area contributed by atoms with E-state index in [2.05, 4.69) is 26.1 Å². The number of rotatable bonds is 6. The fourth-order valence-corrected chi connectivity index (χ4v) is 3.27. The van der Waals surface area contributed by atoms with E-state index in [1.54, 1.807) is 0 Å². The van der Waals surface area contributed by atoms with Gasteiger partial charge in [-0.15, -0.1) is 0 Å². The van der Waals surface area contributed by atoms with Gasteiger partial charge in [0.2, 0.25) is 5.91 Å². The molecule has 0 aromatic rings. The van der Waals surface area contributed by atoms with Crippen LogP contribution in [0.4, 0.5) is 0 Å². The summed E-state index contributed by atoms with van der Waals surface area (Å²) >= 11 is 0. The van der Waals surface area contributed by atoms with Gasteiger partial charge in [0.05, 0.1) is 0 Å². The van der Waals surface area contributed by atoms with E-state index in [-0.39, 0.29) is 23.4 Å². The first-order valence-corrected chi connectivity index (χ1v) is 7.78. The molecule has 1 aliphatic carbocycles. The number of hydrogen-bond donors (Lipinski definition) is 1. The van der Waals surface area contributed by atoms with Gasteiger partial charge in [0.1, 0.15) is 6.10 Å². The van der Waals surface area contributed by atoms with Gasteiger partial charge in [-0.25, -0.2) is 0 Å². The molecule has 4 nitrogen and oxygen atoms in total.